The molecule has 4 heteroatoms. The van der Waals surface area contributed by atoms with Crippen molar-refractivity contribution in [3.05, 3.63) is 35.9 Å². The fraction of sp³-hybridized carbons (Fsp3) is 0.500. The lowest BCUT2D eigenvalue weighted by Crippen LogP contribution is -2.49. The molecule has 0 bridgehead atoms. The standard InChI is InChI=1S/C18H26N2O2/c1-14-13-20(15(2)21)12-10-17(14)19-11-6-8-16-7-4-5-9-18(16)22-3/h4-9,14,17,19H,10-13H2,1-3H3/b8-6+. The Morgan fingerprint density at radius 2 is 2.23 bits per heavy atom. The van der Waals surface area contributed by atoms with E-state index in [1.807, 2.05) is 29.2 Å². The van der Waals surface area contributed by atoms with Gasteiger partial charge in [0, 0.05) is 38.2 Å². The van der Waals surface area contributed by atoms with Crippen LogP contribution in [0.1, 0.15) is 25.8 Å². The van der Waals surface area contributed by atoms with Gasteiger partial charge in [-0.15, -0.1) is 0 Å². The number of para-hydroxylation sites is 1. The number of nitrogens with zero attached hydrogens (tertiary/aromatic N) is 1. The summed E-state index contributed by atoms with van der Waals surface area (Å²) in [4.78, 5) is 13.3. The van der Waals surface area contributed by atoms with Crippen LogP contribution in [-0.2, 0) is 4.79 Å². The van der Waals surface area contributed by atoms with Crippen molar-refractivity contribution in [1.29, 1.82) is 0 Å². The van der Waals surface area contributed by atoms with Crippen molar-refractivity contribution in [3.8, 4) is 5.75 Å². The minimum atomic E-state index is 0.182. The van der Waals surface area contributed by atoms with Crippen LogP contribution in [0.5, 0.6) is 5.75 Å². The third-order valence-electron chi connectivity index (χ3n) is 4.28. The van der Waals surface area contributed by atoms with Crippen molar-refractivity contribution < 1.29 is 9.53 Å². The summed E-state index contributed by atoms with van der Waals surface area (Å²) in [5.74, 6) is 1.56. The Bertz CT molecular complexity index is 528. The van der Waals surface area contributed by atoms with E-state index in [2.05, 4.69) is 24.4 Å². The van der Waals surface area contributed by atoms with Gasteiger partial charge in [-0.1, -0.05) is 37.3 Å². The van der Waals surface area contributed by atoms with Crippen LogP contribution in [0, 0.1) is 5.92 Å². The van der Waals surface area contributed by atoms with E-state index in [1.54, 1.807) is 14.0 Å². The zero-order valence-electron chi connectivity index (χ0n) is 13.7. The van der Waals surface area contributed by atoms with E-state index < -0.39 is 0 Å². The SMILES string of the molecule is COc1ccccc1/C=C/CNC1CCN(C(C)=O)CC1C. The number of rotatable bonds is 5. The van der Waals surface area contributed by atoms with Crippen molar-refractivity contribution in [3.63, 3.8) is 0 Å². The summed E-state index contributed by atoms with van der Waals surface area (Å²) in [7, 11) is 1.69. The molecule has 22 heavy (non-hydrogen) atoms. The first-order valence-electron chi connectivity index (χ1n) is 7.90. The minimum absolute atomic E-state index is 0.182. The van der Waals surface area contributed by atoms with Crippen molar-refractivity contribution in [1.82, 2.24) is 10.2 Å². The molecule has 1 aromatic rings. The van der Waals surface area contributed by atoms with Gasteiger partial charge in [-0.3, -0.25) is 4.79 Å². The second-order valence-electron chi connectivity index (χ2n) is 5.89. The highest BCUT2D eigenvalue weighted by molar-refractivity contribution is 5.73. The summed E-state index contributed by atoms with van der Waals surface area (Å²) in [5, 5.41) is 3.57. The summed E-state index contributed by atoms with van der Waals surface area (Å²) >= 11 is 0. The van der Waals surface area contributed by atoms with Crippen LogP contribution in [0.2, 0.25) is 0 Å². The average molecular weight is 302 g/mol. The van der Waals surface area contributed by atoms with Crippen molar-refractivity contribution in [2.24, 2.45) is 5.92 Å². The predicted molar refractivity (Wildman–Crippen MR) is 89.9 cm³/mol. The van der Waals surface area contributed by atoms with E-state index >= 15 is 0 Å². The Hall–Kier alpha value is -1.81. The third kappa shape index (κ3) is 4.34. The number of amides is 1. The molecule has 1 N–H and O–H groups in total. The zero-order valence-corrected chi connectivity index (χ0v) is 13.7. The number of carbonyl (C=O) groups excluding carboxylic acids is 1. The molecule has 0 spiro atoms. The van der Waals surface area contributed by atoms with Crippen LogP contribution >= 0.6 is 0 Å². The summed E-state index contributed by atoms with van der Waals surface area (Å²) in [6, 6.07) is 8.46. The van der Waals surface area contributed by atoms with Crippen LogP contribution in [0.15, 0.2) is 30.3 Å². The highest BCUT2D eigenvalue weighted by Crippen LogP contribution is 2.19. The predicted octanol–water partition coefficient (Wildman–Crippen LogP) is 2.55. The van der Waals surface area contributed by atoms with E-state index in [1.165, 1.54) is 0 Å². The van der Waals surface area contributed by atoms with Gasteiger partial charge in [-0.25, -0.2) is 0 Å². The Morgan fingerprint density at radius 3 is 2.91 bits per heavy atom. The van der Waals surface area contributed by atoms with Crippen LogP contribution in [0.3, 0.4) is 0 Å². The smallest absolute Gasteiger partial charge is 0.219 e. The molecule has 1 aliphatic rings. The number of piperidine rings is 1. The Morgan fingerprint density at radius 1 is 1.45 bits per heavy atom. The molecule has 1 aromatic carbocycles. The average Bonchev–Trinajstić information content (AvgIpc) is 2.52. The molecule has 1 fully saturated rings. The zero-order chi connectivity index (χ0) is 15.9. The van der Waals surface area contributed by atoms with E-state index in [-0.39, 0.29) is 5.91 Å². The van der Waals surface area contributed by atoms with Gasteiger partial charge in [0.1, 0.15) is 5.75 Å². The summed E-state index contributed by atoms with van der Waals surface area (Å²) < 4.78 is 5.33. The third-order valence-corrected chi connectivity index (χ3v) is 4.28. The molecule has 1 heterocycles. The molecule has 120 valence electrons. The van der Waals surface area contributed by atoms with Gasteiger partial charge in [0.15, 0.2) is 0 Å². The number of carbonyl (C=O) groups is 1. The largest absolute Gasteiger partial charge is 0.496 e. The second-order valence-corrected chi connectivity index (χ2v) is 5.89. The van der Waals surface area contributed by atoms with Crippen molar-refractivity contribution in [2.75, 3.05) is 26.7 Å². The number of methoxy groups -OCH3 is 1. The van der Waals surface area contributed by atoms with Crippen LogP contribution in [0.4, 0.5) is 0 Å². The molecule has 0 radical (unpaired) electrons. The minimum Gasteiger partial charge on any atom is -0.496 e. The molecule has 1 amide bonds. The van der Waals surface area contributed by atoms with Gasteiger partial charge >= 0.3 is 0 Å². The molecule has 2 atom stereocenters. The maximum absolute atomic E-state index is 11.4. The van der Waals surface area contributed by atoms with Crippen LogP contribution in [0.25, 0.3) is 6.08 Å². The monoisotopic (exact) mass is 302 g/mol. The first-order valence-corrected chi connectivity index (χ1v) is 7.90. The van der Waals surface area contributed by atoms with E-state index in [0.717, 1.165) is 37.4 Å². The molecule has 1 aliphatic heterocycles. The van der Waals surface area contributed by atoms with E-state index in [9.17, 15) is 4.79 Å². The fourth-order valence-electron chi connectivity index (χ4n) is 2.94. The summed E-state index contributed by atoms with van der Waals surface area (Å²) in [6.45, 7) is 6.39. The fourth-order valence-corrected chi connectivity index (χ4v) is 2.94. The number of ether oxygens (including phenoxy) is 1. The second kappa shape index (κ2) is 7.99. The van der Waals surface area contributed by atoms with E-state index in [0.29, 0.717) is 12.0 Å². The summed E-state index contributed by atoms with van der Waals surface area (Å²) in [6.07, 6.45) is 5.23. The molecule has 1 saturated heterocycles. The topological polar surface area (TPSA) is 41.6 Å². The van der Waals surface area contributed by atoms with Crippen LogP contribution < -0.4 is 10.1 Å². The number of nitrogens with one attached hydrogen (secondary N) is 1. The lowest BCUT2D eigenvalue weighted by atomic mass is 9.94. The molecular weight excluding hydrogens is 276 g/mol. The lowest BCUT2D eigenvalue weighted by molar-refractivity contribution is -0.130. The van der Waals surface area contributed by atoms with E-state index in [4.69, 9.17) is 4.74 Å². The number of benzene rings is 1. The van der Waals surface area contributed by atoms with Gasteiger partial charge in [-0.2, -0.15) is 0 Å². The van der Waals surface area contributed by atoms with Crippen LogP contribution in [-0.4, -0.2) is 43.6 Å². The molecule has 4 nitrogen and oxygen atoms in total. The van der Waals surface area contributed by atoms with Crippen molar-refractivity contribution >= 4 is 12.0 Å². The number of hydrogen-bond acceptors (Lipinski definition) is 3. The maximum Gasteiger partial charge on any atom is 0.219 e. The molecular formula is C18H26N2O2. The first kappa shape index (κ1) is 16.6. The van der Waals surface area contributed by atoms with Gasteiger partial charge in [0.05, 0.1) is 7.11 Å². The summed E-state index contributed by atoms with van der Waals surface area (Å²) in [5.41, 5.74) is 1.09. The Kier molecular flexibility index (Phi) is 6.01. The normalized spacial score (nSPS) is 22.0. The van der Waals surface area contributed by atoms with Gasteiger partial charge < -0.3 is 15.0 Å². The molecule has 2 rings (SSSR count). The van der Waals surface area contributed by atoms with Gasteiger partial charge in [-0.05, 0) is 18.4 Å². The molecule has 0 aromatic heterocycles. The number of hydrogen-bond donors (Lipinski definition) is 1. The molecule has 0 aliphatic carbocycles. The lowest BCUT2D eigenvalue weighted by Gasteiger charge is -2.36. The van der Waals surface area contributed by atoms with Crippen molar-refractivity contribution in [2.45, 2.75) is 26.3 Å². The maximum atomic E-state index is 11.4. The Labute approximate surface area is 133 Å². The quantitative estimate of drug-likeness (QED) is 0.909. The van der Waals surface area contributed by atoms with Gasteiger partial charge in [0.25, 0.3) is 0 Å². The molecule has 2 unspecified atom stereocenters. The van der Waals surface area contributed by atoms with Gasteiger partial charge in [0.2, 0.25) is 5.91 Å². The molecule has 0 saturated carbocycles. The highest BCUT2D eigenvalue weighted by atomic mass is 16.5. The number of likely N-dealkylation sites (tertiary alicyclic amines) is 1. The Balaban J connectivity index is 1.81. The first-order chi connectivity index (χ1) is 10.6. The highest BCUT2D eigenvalue weighted by Gasteiger charge is 2.26.